The predicted octanol–water partition coefficient (Wildman–Crippen LogP) is 5.37. The van der Waals surface area contributed by atoms with E-state index in [4.69, 9.17) is 17.0 Å². The summed E-state index contributed by atoms with van der Waals surface area (Å²) >= 11 is 5.56. The second kappa shape index (κ2) is 5.85. The van der Waals surface area contributed by atoms with Crippen molar-refractivity contribution < 1.29 is 9.53 Å². The van der Waals surface area contributed by atoms with Crippen LogP contribution < -0.4 is 9.64 Å². The molecule has 23 heavy (non-hydrogen) atoms. The van der Waals surface area contributed by atoms with Crippen LogP contribution in [0.2, 0.25) is 0 Å². The number of carbonyl (C=O) groups is 1. The summed E-state index contributed by atoms with van der Waals surface area (Å²) in [5.41, 5.74) is 2.31. The molecule has 0 spiro atoms. The number of benzene rings is 1. The van der Waals surface area contributed by atoms with Crippen molar-refractivity contribution >= 4 is 44.5 Å². The lowest BCUT2D eigenvalue weighted by molar-refractivity contribution is -0.115. The number of para-hydroxylation sites is 1. The zero-order valence-electron chi connectivity index (χ0n) is 13.2. The van der Waals surface area contributed by atoms with E-state index in [1.165, 1.54) is 6.08 Å². The van der Waals surface area contributed by atoms with E-state index >= 15 is 0 Å². The number of ether oxygens (including phenoxy) is 1. The van der Waals surface area contributed by atoms with Gasteiger partial charge in [0, 0.05) is 11.1 Å². The van der Waals surface area contributed by atoms with E-state index in [0.717, 1.165) is 25.5 Å². The molecule has 0 bridgehead atoms. The third kappa shape index (κ3) is 2.36. The molecule has 1 aromatic carbocycles. The maximum atomic E-state index is 12.7. The van der Waals surface area contributed by atoms with Crippen LogP contribution in [-0.2, 0) is 10.3 Å². The fraction of sp³-hybridized carbons (Fsp3) is 0.294. The Morgan fingerprint density at radius 3 is 2.83 bits per heavy atom. The van der Waals surface area contributed by atoms with Crippen molar-refractivity contribution in [2.24, 2.45) is 0 Å². The van der Waals surface area contributed by atoms with Crippen LogP contribution >= 0.6 is 32.9 Å². The molecule has 0 unspecified atom stereocenters. The van der Waals surface area contributed by atoms with Gasteiger partial charge in [-0.25, -0.2) is 0 Å². The number of rotatable bonds is 3. The normalized spacial score (nSPS) is 14.8. The molecule has 6 heteroatoms. The second-order valence-corrected chi connectivity index (χ2v) is 8.50. The summed E-state index contributed by atoms with van der Waals surface area (Å²) in [6, 6.07) is 5.84. The summed E-state index contributed by atoms with van der Waals surface area (Å²) in [5, 5.41) is 0. The average Bonchev–Trinajstić information content (AvgIpc) is 2.91. The number of amides is 1. The molecule has 0 N–H and O–H groups in total. The molecule has 1 aromatic heterocycles. The van der Waals surface area contributed by atoms with Gasteiger partial charge in [0.25, 0.3) is 5.91 Å². The van der Waals surface area contributed by atoms with Crippen molar-refractivity contribution in [1.82, 2.24) is 0 Å². The largest absolute Gasteiger partial charge is 0.492 e. The van der Waals surface area contributed by atoms with Crippen molar-refractivity contribution in [1.29, 1.82) is 0 Å². The lowest BCUT2D eigenvalue weighted by Crippen LogP contribution is -2.47. The minimum absolute atomic E-state index is 0.140. The molecule has 0 atom stereocenters. The first kappa shape index (κ1) is 16.4. The quantitative estimate of drug-likeness (QED) is 0.417. The van der Waals surface area contributed by atoms with Crippen molar-refractivity contribution in [3.63, 3.8) is 0 Å². The summed E-state index contributed by atoms with van der Waals surface area (Å²) in [6.07, 6.45) is 1.35. The molecule has 1 aliphatic heterocycles. The molecule has 0 saturated carbocycles. The highest BCUT2D eigenvalue weighted by atomic mass is 32.9. The summed E-state index contributed by atoms with van der Waals surface area (Å²) < 4.78 is 6.66. The summed E-state index contributed by atoms with van der Waals surface area (Å²) in [7, 11) is 3.22. The van der Waals surface area contributed by atoms with Gasteiger partial charge in [-0.05, 0) is 32.9 Å². The van der Waals surface area contributed by atoms with E-state index in [1.807, 2.05) is 39.0 Å². The topological polar surface area (TPSA) is 29.5 Å². The minimum Gasteiger partial charge on any atom is -0.492 e. The van der Waals surface area contributed by atoms with Crippen molar-refractivity contribution in [3.8, 4) is 16.9 Å². The first-order valence-corrected chi connectivity index (χ1v) is 9.85. The molecule has 0 aliphatic carbocycles. The molecular weight excluding hydrogens is 346 g/mol. The number of hydrogen-bond acceptors (Lipinski definition) is 5. The summed E-state index contributed by atoms with van der Waals surface area (Å²) in [4.78, 5) is 15.5. The van der Waals surface area contributed by atoms with Crippen LogP contribution in [0.4, 0.5) is 5.69 Å². The van der Waals surface area contributed by atoms with E-state index in [9.17, 15) is 4.79 Å². The van der Waals surface area contributed by atoms with Crippen molar-refractivity contribution in [3.05, 3.63) is 39.6 Å². The monoisotopic (exact) mass is 363 g/mol. The molecule has 0 saturated heterocycles. The highest BCUT2D eigenvalue weighted by molar-refractivity contribution is 7.80. The highest BCUT2D eigenvalue weighted by Gasteiger charge is 2.43. The Bertz CT molecular complexity index is 848. The standard InChI is InChI=1S/C17H17NO2S3/c1-5-12(19)18-14-10(8-7-9-11(14)20-6-2)13-15(17(18,3)4)22-23-16(13)21/h5,7-9H,1,6H2,2-4H3. The number of hydrogen-bond donors (Lipinski definition) is 0. The average molecular weight is 364 g/mol. The van der Waals surface area contributed by atoms with E-state index in [-0.39, 0.29) is 5.91 Å². The maximum Gasteiger partial charge on any atom is 0.251 e. The Balaban J connectivity index is 2.41. The molecule has 1 amide bonds. The fourth-order valence-corrected chi connectivity index (χ4v) is 6.26. The molecule has 2 heterocycles. The van der Waals surface area contributed by atoms with Crippen LogP contribution in [0.5, 0.6) is 5.75 Å². The number of carbonyl (C=O) groups excluding carboxylic acids is 1. The molecule has 120 valence electrons. The predicted molar refractivity (Wildman–Crippen MR) is 100 cm³/mol. The smallest absolute Gasteiger partial charge is 0.251 e. The molecule has 0 radical (unpaired) electrons. The van der Waals surface area contributed by atoms with Crippen LogP contribution in [0.1, 0.15) is 25.6 Å². The van der Waals surface area contributed by atoms with Crippen LogP contribution in [0.15, 0.2) is 30.9 Å². The number of anilines is 1. The van der Waals surface area contributed by atoms with Gasteiger partial charge in [-0.2, -0.15) is 0 Å². The second-order valence-electron chi connectivity index (χ2n) is 5.68. The van der Waals surface area contributed by atoms with Crippen molar-refractivity contribution in [2.75, 3.05) is 11.5 Å². The van der Waals surface area contributed by atoms with Gasteiger partial charge >= 0.3 is 0 Å². The zero-order valence-corrected chi connectivity index (χ0v) is 15.7. The fourth-order valence-electron chi connectivity index (χ4n) is 2.98. The zero-order chi connectivity index (χ0) is 16.8. The molecular formula is C17H17NO2S3. The van der Waals surface area contributed by atoms with Crippen LogP contribution in [0.3, 0.4) is 0 Å². The van der Waals surface area contributed by atoms with E-state index in [2.05, 4.69) is 6.58 Å². The molecule has 2 aromatic rings. The summed E-state index contributed by atoms with van der Waals surface area (Å²) in [5.74, 6) is 0.558. The van der Waals surface area contributed by atoms with Crippen LogP contribution in [-0.4, -0.2) is 12.5 Å². The Morgan fingerprint density at radius 2 is 2.17 bits per heavy atom. The molecule has 3 nitrogen and oxygen atoms in total. The highest BCUT2D eigenvalue weighted by Crippen LogP contribution is 2.54. The van der Waals surface area contributed by atoms with Gasteiger partial charge in [-0.3, -0.25) is 9.69 Å². The SMILES string of the molecule is C=CC(=O)N1c2c(OCC)cccc2-c2c(ssc2=S)C1(C)C. The third-order valence-electron chi connectivity index (χ3n) is 3.93. The van der Waals surface area contributed by atoms with Crippen LogP contribution in [0.25, 0.3) is 11.1 Å². The third-order valence-corrected chi connectivity index (χ3v) is 7.26. The number of nitrogens with zero attached hydrogens (tertiary/aromatic N) is 1. The Hall–Kier alpha value is -1.50. The molecule has 3 rings (SSSR count). The summed E-state index contributed by atoms with van der Waals surface area (Å²) in [6.45, 7) is 10.2. The minimum atomic E-state index is -0.501. The van der Waals surface area contributed by atoms with E-state index < -0.39 is 5.54 Å². The van der Waals surface area contributed by atoms with Gasteiger partial charge in [-0.1, -0.05) is 51.6 Å². The van der Waals surface area contributed by atoms with Crippen LogP contribution in [0, 0.1) is 3.82 Å². The van der Waals surface area contributed by atoms with Gasteiger partial charge in [0.1, 0.15) is 9.57 Å². The lowest BCUT2D eigenvalue weighted by Gasteiger charge is -2.43. The van der Waals surface area contributed by atoms with E-state index in [1.54, 1.807) is 25.6 Å². The lowest BCUT2D eigenvalue weighted by atomic mass is 9.87. The molecule has 0 fully saturated rings. The Labute approximate surface area is 148 Å². The first-order valence-electron chi connectivity index (χ1n) is 7.29. The number of fused-ring (bicyclic) bond motifs is 3. The van der Waals surface area contributed by atoms with Gasteiger partial charge < -0.3 is 4.74 Å². The van der Waals surface area contributed by atoms with Gasteiger partial charge in [0.2, 0.25) is 0 Å². The first-order chi connectivity index (χ1) is 10.9. The maximum absolute atomic E-state index is 12.7. The van der Waals surface area contributed by atoms with E-state index in [0.29, 0.717) is 12.4 Å². The van der Waals surface area contributed by atoms with Crippen molar-refractivity contribution in [2.45, 2.75) is 26.3 Å². The Morgan fingerprint density at radius 1 is 1.43 bits per heavy atom. The van der Waals surface area contributed by atoms with Gasteiger partial charge in [0.15, 0.2) is 0 Å². The Kier molecular flexibility index (Phi) is 4.16. The van der Waals surface area contributed by atoms with Gasteiger partial charge in [-0.15, -0.1) is 0 Å². The van der Waals surface area contributed by atoms with Gasteiger partial charge in [0.05, 0.1) is 22.7 Å². The molecule has 1 aliphatic rings.